The zero-order valence-corrected chi connectivity index (χ0v) is 16.6. The van der Waals surface area contributed by atoms with Crippen molar-refractivity contribution in [3.8, 4) is 10.8 Å². The van der Waals surface area contributed by atoms with E-state index in [4.69, 9.17) is 9.15 Å². The Morgan fingerprint density at radius 2 is 2.15 bits per heavy atom. The summed E-state index contributed by atoms with van der Waals surface area (Å²) in [6, 6.07) is 5.61. The zero-order valence-electron chi connectivity index (χ0n) is 14.1. The van der Waals surface area contributed by atoms with Crippen molar-refractivity contribution < 1.29 is 13.9 Å². The third kappa shape index (κ3) is 3.22. The molecule has 0 saturated carbocycles. The molecule has 0 saturated heterocycles. The van der Waals surface area contributed by atoms with Gasteiger partial charge in [0.25, 0.3) is 11.8 Å². The molecule has 0 N–H and O–H groups in total. The Labute approximate surface area is 160 Å². The monoisotopic (exact) mass is 406 g/mol. The quantitative estimate of drug-likeness (QED) is 0.453. The first-order valence-electron chi connectivity index (χ1n) is 7.67. The highest BCUT2D eigenvalue weighted by molar-refractivity contribution is 7.29. The summed E-state index contributed by atoms with van der Waals surface area (Å²) in [4.78, 5) is 21.1. The fraction of sp³-hybridized carbons (Fsp3) is 0.250. The van der Waals surface area contributed by atoms with Crippen LogP contribution in [0.2, 0.25) is 0 Å². The highest BCUT2D eigenvalue weighted by Crippen LogP contribution is 2.35. The molecule has 10 heteroatoms. The molecule has 0 fully saturated rings. The van der Waals surface area contributed by atoms with E-state index >= 15 is 0 Å². The second-order valence-electron chi connectivity index (χ2n) is 5.64. The first-order valence-corrected chi connectivity index (χ1v) is 10.2. The van der Waals surface area contributed by atoms with Crippen LogP contribution in [0.5, 0.6) is 0 Å². The van der Waals surface area contributed by atoms with Crippen molar-refractivity contribution in [2.45, 2.75) is 13.0 Å². The molecule has 4 heterocycles. The average molecular weight is 407 g/mol. The van der Waals surface area contributed by atoms with E-state index in [-0.39, 0.29) is 5.89 Å². The number of thiophene rings is 2. The van der Waals surface area contributed by atoms with Crippen molar-refractivity contribution in [3.05, 3.63) is 34.3 Å². The Kier molecular flexibility index (Phi) is 4.47. The van der Waals surface area contributed by atoms with Gasteiger partial charge in [-0.2, -0.15) is 0 Å². The molecule has 26 heavy (non-hydrogen) atoms. The van der Waals surface area contributed by atoms with E-state index in [0.717, 1.165) is 19.5 Å². The number of rotatable bonds is 5. The van der Waals surface area contributed by atoms with E-state index < -0.39 is 12.1 Å². The minimum atomic E-state index is -0.630. The van der Waals surface area contributed by atoms with E-state index in [0.29, 0.717) is 10.8 Å². The van der Waals surface area contributed by atoms with Crippen LogP contribution >= 0.6 is 34.0 Å². The third-order valence-electron chi connectivity index (χ3n) is 3.47. The predicted octanol–water partition coefficient (Wildman–Crippen LogP) is 4.45. The molecule has 4 aromatic rings. The smallest absolute Gasteiger partial charge is 0.349 e. The van der Waals surface area contributed by atoms with Crippen LogP contribution in [0.25, 0.3) is 20.3 Å². The van der Waals surface area contributed by atoms with Crippen LogP contribution in [-0.4, -0.2) is 35.2 Å². The number of ether oxygens (including phenoxy) is 1. The molecular weight excluding hydrogens is 392 g/mol. The van der Waals surface area contributed by atoms with Crippen molar-refractivity contribution in [2.24, 2.45) is 0 Å². The Bertz CT molecular complexity index is 1020. The maximum Gasteiger partial charge on any atom is 0.349 e. The number of hydrogen-bond donors (Lipinski definition) is 0. The summed E-state index contributed by atoms with van der Waals surface area (Å²) in [6.45, 7) is 1.71. The van der Waals surface area contributed by atoms with Crippen LogP contribution in [0, 0.1) is 0 Å². The van der Waals surface area contributed by atoms with Gasteiger partial charge in [0.1, 0.15) is 9.71 Å². The van der Waals surface area contributed by atoms with E-state index in [1.54, 1.807) is 6.92 Å². The van der Waals surface area contributed by atoms with Crippen molar-refractivity contribution >= 4 is 54.6 Å². The molecule has 0 aliphatic rings. The van der Waals surface area contributed by atoms with Crippen LogP contribution in [0.3, 0.4) is 0 Å². The normalized spacial score (nSPS) is 12.4. The molecule has 0 aromatic carbocycles. The lowest BCUT2D eigenvalue weighted by Gasteiger charge is -2.08. The van der Waals surface area contributed by atoms with Gasteiger partial charge in [-0.15, -0.1) is 32.9 Å². The van der Waals surface area contributed by atoms with E-state index in [9.17, 15) is 4.79 Å². The summed E-state index contributed by atoms with van der Waals surface area (Å²) in [5, 5.41) is 10.8. The molecule has 0 amide bonds. The van der Waals surface area contributed by atoms with E-state index in [1.807, 2.05) is 42.6 Å². The molecule has 0 spiro atoms. The largest absolute Gasteiger partial charge is 0.448 e. The predicted molar refractivity (Wildman–Crippen MR) is 103 cm³/mol. The van der Waals surface area contributed by atoms with Gasteiger partial charge in [-0.25, -0.2) is 9.78 Å². The molecule has 1 atom stereocenters. The number of aromatic nitrogens is 3. The zero-order chi connectivity index (χ0) is 18.3. The second-order valence-corrected chi connectivity index (χ2v) is 8.63. The maximum atomic E-state index is 12.4. The average Bonchev–Trinajstić information content (AvgIpc) is 3.34. The van der Waals surface area contributed by atoms with E-state index in [2.05, 4.69) is 15.2 Å². The SMILES string of the molecule is CC(OC(=O)c1cc2sc(N(C)C)nc2s1)c1nnc(-c2cccs2)o1. The first kappa shape index (κ1) is 17.1. The van der Waals surface area contributed by atoms with Gasteiger partial charge in [-0.05, 0) is 24.4 Å². The molecule has 7 nitrogen and oxygen atoms in total. The fourth-order valence-electron chi connectivity index (χ4n) is 2.18. The van der Waals surface area contributed by atoms with Gasteiger partial charge in [-0.3, -0.25) is 0 Å². The number of carbonyl (C=O) groups excluding carboxylic acids is 1. The number of carbonyl (C=O) groups is 1. The molecule has 4 rings (SSSR count). The minimum Gasteiger partial charge on any atom is -0.448 e. The summed E-state index contributed by atoms with van der Waals surface area (Å²) in [6.07, 6.45) is -0.630. The summed E-state index contributed by atoms with van der Waals surface area (Å²) >= 11 is 4.36. The molecule has 0 radical (unpaired) electrons. The number of fused-ring (bicyclic) bond motifs is 1. The fourth-order valence-corrected chi connectivity index (χ4v) is 4.84. The maximum absolute atomic E-state index is 12.4. The standard InChI is InChI=1S/C16H14N4O3S3/c1-8(12-18-19-13(23-12)9-5-4-6-24-9)22-15(21)11-7-10-14(25-11)17-16(26-10)20(2)3/h4-8H,1-3H3. The van der Waals surface area contributed by atoms with Gasteiger partial charge in [0, 0.05) is 14.1 Å². The van der Waals surface area contributed by atoms with Crippen LogP contribution in [0.15, 0.2) is 28.0 Å². The number of hydrogen-bond acceptors (Lipinski definition) is 10. The van der Waals surface area contributed by atoms with E-state index in [1.165, 1.54) is 34.0 Å². The molecule has 0 aliphatic carbocycles. The topological polar surface area (TPSA) is 81.4 Å². The number of nitrogens with zero attached hydrogens (tertiary/aromatic N) is 4. The van der Waals surface area contributed by atoms with Crippen LogP contribution in [0.4, 0.5) is 5.13 Å². The van der Waals surface area contributed by atoms with Gasteiger partial charge in [0.05, 0.1) is 9.58 Å². The second kappa shape index (κ2) is 6.78. The molecule has 134 valence electrons. The minimum absolute atomic E-state index is 0.271. The first-order chi connectivity index (χ1) is 12.5. The Balaban J connectivity index is 1.48. The lowest BCUT2D eigenvalue weighted by Crippen LogP contribution is -2.08. The summed E-state index contributed by atoms with van der Waals surface area (Å²) in [7, 11) is 3.88. The number of esters is 1. The highest BCUT2D eigenvalue weighted by Gasteiger charge is 2.22. The van der Waals surface area contributed by atoms with Gasteiger partial charge in [0.15, 0.2) is 11.2 Å². The third-order valence-corrected chi connectivity index (χ3v) is 6.63. The summed E-state index contributed by atoms with van der Waals surface area (Å²) in [5.74, 6) is 0.276. The highest BCUT2D eigenvalue weighted by atomic mass is 32.1. The lowest BCUT2D eigenvalue weighted by molar-refractivity contribution is 0.0286. The Morgan fingerprint density at radius 1 is 1.31 bits per heavy atom. The van der Waals surface area contributed by atoms with Crippen LogP contribution in [-0.2, 0) is 4.74 Å². The molecular formula is C16H14N4O3S3. The molecule has 1 unspecified atom stereocenters. The molecule has 4 aromatic heterocycles. The van der Waals surface area contributed by atoms with Gasteiger partial charge in [-0.1, -0.05) is 17.4 Å². The van der Waals surface area contributed by atoms with Crippen molar-refractivity contribution in [1.82, 2.24) is 15.2 Å². The van der Waals surface area contributed by atoms with Gasteiger partial charge < -0.3 is 14.1 Å². The Hall–Kier alpha value is -2.30. The molecule has 0 aliphatic heterocycles. The Morgan fingerprint density at radius 3 is 2.85 bits per heavy atom. The van der Waals surface area contributed by atoms with Crippen molar-refractivity contribution in [3.63, 3.8) is 0 Å². The lowest BCUT2D eigenvalue weighted by atomic mass is 10.4. The summed E-state index contributed by atoms with van der Waals surface area (Å²) in [5.41, 5.74) is 0. The van der Waals surface area contributed by atoms with Crippen molar-refractivity contribution in [1.29, 1.82) is 0 Å². The van der Waals surface area contributed by atoms with Gasteiger partial charge >= 0.3 is 5.97 Å². The molecule has 0 bridgehead atoms. The van der Waals surface area contributed by atoms with Crippen LogP contribution in [0.1, 0.15) is 28.6 Å². The van der Waals surface area contributed by atoms with Crippen LogP contribution < -0.4 is 4.90 Å². The number of anilines is 1. The number of thiazole rings is 1. The summed E-state index contributed by atoms with van der Waals surface area (Å²) < 4.78 is 12.1. The van der Waals surface area contributed by atoms with Crippen molar-refractivity contribution in [2.75, 3.05) is 19.0 Å². The van der Waals surface area contributed by atoms with Gasteiger partial charge in [0.2, 0.25) is 0 Å².